The number of carbonyl (C=O) groups is 1. The highest BCUT2D eigenvalue weighted by atomic mass is 35.5. The van der Waals surface area contributed by atoms with Crippen molar-refractivity contribution < 1.29 is 14.3 Å². The molecule has 0 saturated heterocycles. The van der Waals surface area contributed by atoms with E-state index in [9.17, 15) is 4.79 Å². The van der Waals surface area contributed by atoms with E-state index in [2.05, 4.69) is 10.5 Å². The van der Waals surface area contributed by atoms with E-state index < -0.39 is 0 Å². The number of nitrogens with one attached hydrogen (secondary N) is 1. The van der Waals surface area contributed by atoms with Crippen molar-refractivity contribution in [2.75, 3.05) is 6.61 Å². The molecule has 1 amide bonds. The third kappa shape index (κ3) is 6.16. The maximum Gasteiger partial charge on any atom is 0.271 e. The van der Waals surface area contributed by atoms with Gasteiger partial charge in [0.2, 0.25) is 0 Å². The van der Waals surface area contributed by atoms with Gasteiger partial charge in [-0.2, -0.15) is 5.10 Å². The standard InChI is InChI=1S/C24H21Cl3N2O3/c1-3-31-22-11-16(13-28-29-24(30)19-7-5-4-6-15(19)2)10-21(27)23(22)32-14-17-8-9-18(25)12-20(17)26/h4-13H,3,14H2,1-2H3,(H,29,30)/b28-13-. The minimum atomic E-state index is -0.296. The van der Waals surface area contributed by atoms with Gasteiger partial charge in [-0.05, 0) is 55.3 Å². The molecule has 0 radical (unpaired) electrons. The van der Waals surface area contributed by atoms with Crippen molar-refractivity contribution >= 4 is 46.9 Å². The van der Waals surface area contributed by atoms with Gasteiger partial charge in [0, 0.05) is 21.2 Å². The minimum Gasteiger partial charge on any atom is -0.490 e. The van der Waals surface area contributed by atoms with Crippen LogP contribution in [0.5, 0.6) is 11.5 Å². The second-order valence-corrected chi connectivity index (χ2v) is 8.05. The molecule has 0 heterocycles. The van der Waals surface area contributed by atoms with E-state index in [1.807, 2.05) is 26.0 Å². The molecule has 1 N–H and O–H groups in total. The highest BCUT2D eigenvalue weighted by Crippen LogP contribution is 2.37. The fourth-order valence-corrected chi connectivity index (χ4v) is 3.64. The molecule has 3 aromatic rings. The van der Waals surface area contributed by atoms with Gasteiger partial charge in [0.05, 0.1) is 17.8 Å². The molecule has 0 atom stereocenters. The zero-order valence-electron chi connectivity index (χ0n) is 17.5. The van der Waals surface area contributed by atoms with E-state index in [0.717, 1.165) is 11.1 Å². The average Bonchev–Trinajstić information content (AvgIpc) is 2.75. The number of hydrogen-bond acceptors (Lipinski definition) is 4. The summed E-state index contributed by atoms with van der Waals surface area (Å²) in [6.07, 6.45) is 1.49. The summed E-state index contributed by atoms with van der Waals surface area (Å²) in [5.41, 5.74) is 5.35. The molecule has 0 aromatic heterocycles. The molecule has 0 spiro atoms. The molecule has 0 saturated carbocycles. The van der Waals surface area contributed by atoms with Crippen LogP contribution in [0.15, 0.2) is 59.7 Å². The average molecular weight is 492 g/mol. The van der Waals surface area contributed by atoms with Crippen LogP contribution in [0.3, 0.4) is 0 Å². The quantitative estimate of drug-likeness (QED) is 0.282. The Labute approximate surface area is 201 Å². The minimum absolute atomic E-state index is 0.190. The maximum atomic E-state index is 12.3. The van der Waals surface area contributed by atoms with Crippen LogP contribution in [-0.2, 0) is 6.61 Å². The predicted octanol–water partition coefficient (Wildman–Crippen LogP) is 6.70. The van der Waals surface area contributed by atoms with Crippen molar-refractivity contribution in [3.63, 3.8) is 0 Å². The van der Waals surface area contributed by atoms with Gasteiger partial charge < -0.3 is 9.47 Å². The fraction of sp³-hybridized carbons (Fsp3) is 0.167. The van der Waals surface area contributed by atoms with Gasteiger partial charge in [0.1, 0.15) is 6.61 Å². The number of hydrogen-bond donors (Lipinski definition) is 1. The SMILES string of the molecule is CCOc1cc(/C=N\NC(=O)c2ccccc2C)cc(Cl)c1OCc1ccc(Cl)cc1Cl. The van der Waals surface area contributed by atoms with Gasteiger partial charge in [-0.3, -0.25) is 4.79 Å². The number of nitrogens with zero attached hydrogens (tertiary/aromatic N) is 1. The van der Waals surface area contributed by atoms with Crippen molar-refractivity contribution in [1.82, 2.24) is 5.43 Å². The Hall–Kier alpha value is -2.73. The lowest BCUT2D eigenvalue weighted by molar-refractivity contribution is 0.0954. The molecule has 0 unspecified atom stereocenters. The molecule has 0 fully saturated rings. The van der Waals surface area contributed by atoms with Crippen LogP contribution in [0.25, 0.3) is 0 Å². The van der Waals surface area contributed by atoms with Crippen LogP contribution < -0.4 is 14.9 Å². The number of benzene rings is 3. The van der Waals surface area contributed by atoms with Crippen molar-refractivity contribution in [3.8, 4) is 11.5 Å². The van der Waals surface area contributed by atoms with Gasteiger partial charge in [-0.25, -0.2) is 5.43 Å². The summed E-state index contributed by atoms with van der Waals surface area (Å²) in [7, 11) is 0. The Morgan fingerprint density at radius 3 is 2.53 bits per heavy atom. The monoisotopic (exact) mass is 490 g/mol. The summed E-state index contributed by atoms with van der Waals surface area (Å²) < 4.78 is 11.6. The molecule has 5 nitrogen and oxygen atoms in total. The molecule has 0 bridgehead atoms. The Balaban J connectivity index is 1.75. The molecule has 0 aliphatic carbocycles. The molecule has 0 aliphatic heterocycles. The highest BCUT2D eigenvalue weighted by molar-refractivity contribution is 6.35. The fourth-order valence-electron chi connectivity index (χ4n) is 2.91. The van der Waals surface area contributed by atoms with Crippen molar-refractivity contribution in [3.05, 3.63) is 91.9 Å². The van der Waals surface area contributed by atoms with E-state index in [1.54, 1.807) is 42.5 Å². The largest absolute Gasteiger partial charge is 0.490 e. The number of carbonyl (C=O) groups excluding carboxylic acids is 1. The highest BCUT2D eigenvalue weighted by Gasteiger charge is 2.14. The zero-order valence-corrected chi connectivity index (χ0v) is 19.8. The van der Waals surface area contributed by atoms with Crippen LogP contribution in [-0.4, -0.2) is 18.7 Å². The summed E-state index contributed by atoms with van der Waals surface area (Å²) in [5.74, 6) is 0.549. The van der Waals surface area contributed by atoms with E-state index in [4.69, 9.17) is 44.3 Å². The van der Waals surface area contributed by atoms with Crippen LogP contribution in [0.1, 0.15) is 34.0 Å². The lowest BCUT2D eigenvalue weighted by Gasteiger charge is -2.15. The van der Waals surface area contributed by atoms with Crippen molar-refractivity contribution in [1.29, 1.82) is 0 Å². The zero-order chi connectivity index (χ0) is 23.1. The second kappa shape index (κ2) is 11.2. The van der Waals surface area contributed by atoms with Gasteiger partial charge in [-0.15, -0.1) is 0 Å². The first kappa shape index (κ1) is 23.9. The topological polar surface area (TPSA) is 59.9 Å². The Bertz CT molecular complexity index is 1150. The summed E-state index contributed by atoms with van der Waals surface area (Å²) in [5, 5.41) is 5.42. The van der Waals surface area contributed by atoms with Gasteiger partial charge in [-0.1, -0.05) is 59.1 Å². The normalized spacial score (nSPS) is 10.9. The van der Waals surface area contributed by atoms with Crippen molar-refractivity contribution in [2.24, 2.45) is 5.10 Å². The molecule has 32 heavy (non-hydrogen) atoms. The molecular weight excluding hydrogens is 471 g/mol. The first-order chi connectivity index (χ1) is 15.4. The Morgan fingerprint density at radius 2 is 1.81 bits per heavy atom. The predicted molar refractivity (Wildman–Crippen MR) is 130 cm³/mol. The summed E-state index contributed by atoms with van der Waals surface area (Å²) in [4.78, 5) is 12.3. The van der Waals surface area contributed by atoms with Crippen molar-refractivity contribution in [2.45, 2.75) is 20.5 Å². The van der Waals surface area contributed by atoms with Crippen LogP contribution in [0.2, 0.25) is 15.1 Å². The van der Waals surface area contributed by atoms with E-state index in [0.29, 0.717) is 44.3 Å². The number of amides is 1. The molecule has 3 aromatic carbocycles. The number of aryl methyl sites for hydroxylation is 1. The Kier molecular flexibility index (Phi) is 8.39. The van der Waals surface area contributed by atoms with E-state index in [1.165, 1.54) is 6.21 Å². The van der Waals surface area contributed by atoms with Crippen LogP contribution in [0.4, 0.5) is 0 Å². The first-order valence-electron chi connectivity index (χ1n) is 9.81. The number of halogens is 3. The van der Waals surface area contributed by atoms with E-state index in [-0.39, 0.29) is 12.5 Å². The number of hydrazone groups is 1. The van der Waals surface area contributed by atoms with Gasteiger partial charge in [0.15, 0.2) is 11.5 Å². The number of rotatable bonds is 8. The summed E-state index contributed by atoms with van der Waals surface area (Å²) in [6, 6.07) is 15.9. The smallest absolute Gasteiger partial charge is 0.271 e. The maximum absolute atomic E-state index is 12.3. The summed E-state index contributed by atoms with van der Waals surface area (Å²) >= 11 is 18.6. The van der Waals surface area contributed by atoms with Gasteiger partial charge >= 0.3 is 0 Å². The lowest BCUT2D eigenvalue weighted by atomic mass is 10.1. The second-order valence-electron chi connectivity index (χ2n) is 6.80. The molecule has 166 valence electrons. The molecule has 0 aliphatic rings. The third-order valence-corrected chi connectivity index (χ3v) is 5.36. The molecule has 8 heteroatoms. The third-order valence-electron chi connectivity index (χ3n) is 4.49. The molecule has 3 rings (SSSR count). The van der Waals surface area contributed by atoms with Crippen LogP contribution in [0, 0.1) is 6.92 Å². The Morgan fingerprint density at radius 1 is 1.03 bits per heavy atom. The van der Waals surface area contributed by atoms with E-state index >= 15 is 0 Å². The summed E-state index contributed by atoms with van der Waals surface area (Å²) in [6.45, 7) is 4.33. The van der Waals surface area contributed by atoms with Gasteiger partial charge in [0.25, 0.3) is 5.91 Å². The molecular formula is C24H21Cl3N2O3. The lowest BCUT2D eigenvalue weighted by Crippen LogP contribution is -2.18. The first-order valence-corrected chi connectivity index (χ1v) is 10.9. The van der Waals surface area contributed by atoms with Crippen LogP contribution >= 0.6 is 34.8 Å². The number of ether oxygens (including phenoxy) is 2.